The molecule has 1 aromatic carbocycles. The van der Waals surface area contributed by atoms with Crippen molar-refractivity contribution in [1.29, 1.82) is 0 Å². The molecule has 2 saturated heterocycles. The number of ether oxygens (including phenoxy) is 2. The number of nitrogens with zero attached hydrogens (tertiary/aromatic N) is 4. The third-order valence-electron chi connectivity index (χ3n) is 5.92. The molecule has 2 fully saturated rings. The van der Waals surface area contributed by atoms with Crippen molar-refractivity contribution in [3.8, 4) is 11.5 Å². The van der Waals surface area contributed by atoms with Crippen LogP contribution >= 0.6 is 0 Å². The Morgan fingerprint density at radius 3 is 2.30 bits per heavy atom. The second-order valence-electron chi connectivity index (χ2n) is 7.88. The van der Waals surface area contributed by atoms with Crippen LogP contribution in [0.25, 0.3) is 10.9 Å². The molecule has 4 rings (SSSR count). The fraction of sp³-hybridized carbons (Fsp3) is 0.571. The van der Waals surface area contributed by atoms with Gasteiger partial charge in [0.1, 0.15) is 5.82 Å². The maximum atomic E-state index is 12.5. The van der Waals surface area contributed by atoms with Crippen molar-refractivity contribution in [2.45, 2.75) is 19.4 Å². The van der Waals surface area contributed by atoms with E-state index in [9.17, 15) is 9.59 Å². The van der Waals surface area contributed by atoms with E-state index in [-0.39, 0.29) is 11.5 Å². The molecule has 2 aliphatic heterocycles. The Bertz CT molecular complexity index is 962. The van der Waals surface area contributed by atoms with Gasteiger partial charge in [-0.15, -0.1) is 0 Å². The van der Waals surface area contributed by atoms with Gasteiger partial charge >= 0.3 is 0 Å². The third kappa shape index (κ3) is 4.41. The predicted octanol–water partition coefficient (Wildman–Crippen LogP) is 0.680. The van der Waals surface area contributed by atoms with Crippen LogP contribution in [0, 0.1) is 0 Å². The molecule has 0 atom stereocenters. The van der Waals surface area contributed by atoms with Crippen LogP contribution in [0.1, 0.15) is 18.7 Å². The largest absolute Gasteiger partial charge is 0.493 e. The first-order valence-corrected chi connectivity index (χ1v) is 10.4. The molecule has 2 aliphatic rings. The molecule has 9 nitrogen and oxygen atoms in total. The summed E-state index contributed by atoms with van der Waals surface area (Å²) < 4.78 is 10.6. The minimum Gasteiger partial charge on any atom is -0.493 e. The average Bonchev–Trinajstić information content (AvgIpc) is 3.29. The van der Waals surface area contributed by atoms with Crippen molar-refractivity contribution in [3.05, 3.63) is 28.3 Å². The van der Waals surface area contributed by atoms with Gasteiger partial charge in [0.05, 0.1) is 38.2 Å². The van der Waals surface area contributed by atoms with Crippen molar-refractivity contribution >= 4 is 16.8 Å². The van der Waals surface area contributed by atoms with E-state index < -0.39 is 0 Å². The molecule has 0 aliphatic carbocycles. The summed E-state index contributed by atoms with van der Waals surface area (Å²) >= 11 is 0. The maximum absolute atomic E-state index is 12.5. The molecular formula is C21H29N5O4. The lowest BCUT2D eigenvalue weighted by Crippen LogP contribution is -2.49. The van der Waals surface area contributed by atoms with Crippen LogP contribution in [-0.2, 0) is 11.3 Å². The molecule has 0 bridgehead atoms. The minimum absolute atomic E-state index is 0.189. The summed E-state index contributed by atoms with van der Waals surface area (Å²) in [7, 11) is 3.10. The van der Waals surface area contributed by atoms with Crippen LogP contribution in [0.4, 0.5) is 0 Å². The molecule has 162 valence electrons. The van der Waals surface area contributed by atoms with E-state index in [1.54, 1.807) is 19.2 Å². The van der Waals surface area contributed by atoms with Gasteiger partial charge in [0.15, 0.2) is 11.5 Å². The number of amides is 1. The lowest BCUT2D eigenvalue weighted by Gasteiger charge is -2.34. The molecule has 0 saturated carbocycles. The summed E-state index contributed by atoms with van der Waals surface area (Å²) in [5.74, 6) is 1.92. The molecule has 30 heavy (non-hydrogen) atoms. The standard InChI is InChI=1S/C21H29N5O4/c1-29-17-11-15-16(12-18(17)30-2)22-19(23-21(15)28)13-24-7-9-25(10-8-24)14-20(27)26-5-3-4-6-26/h11-12H,3-10,13-14H2,1-2H3,(H,22,23,28). The summed E-state index contributed by atoms with van der Waals surface area (Å²) in [5.41, 5.74) is 0.395. The van der Waals surface area contributed by atoms with Crippen LogP contribution in [0.5, 0.6) is 11.5 Å². The fourth-order valence-corrected chi connectivity index (χ4v) is 4.16. The number of benzene rings is 1. The normalized spacial score (nSPS) is 18.1. The number of aromatic amines is 1. The second kappa shape index (κ2) is 9.01. The number of piperazine rings is 1. The molecular weight excluding hydrogens is 386 g/mol. The first-order valence-electron chi connectivity index (χ1n) is 10.4. The van der Waals surface area contributed by atoms with Gasteiger partial charge in [-0.2, -0.15) is 0 Å². The molecule has 3 heterocycles. The lowest BCUT2D eigenvalue weighted by atomic mass is 10.2. The zero-order valence-electron chi connectivity index (χ0n) is 17.6. The minimum atomic E-state index is -0.189. The van der Waals surface area contributed by atoms with Gasteiger partial charge in [-0.3, -0.25) is 19.4 Å². The summed E-state index contributed by atoms with van der Waals surface area (Å²) in [6.07, 6.45) is 2.24. The van der Waals surface area contributed by atoms with Crippen LogP contribution < -0.4 is 15.0 Å². The number of hydrogen-bond acceptors (Lipinski definition) is 7. The quantitative estimate of drug-likeness (QED) is 0.742. The van der Waals surface area contributed by atoms with E-state index in [2.05, 4.69) is 19.8 Å². The Kier molecular flexibility index (Phi) is 6.19. The number of carbonyl (C=O) groups excluding carboxylic acids is 1. The summed E-state index contributed by atoms with van der Waals surface area (Å²) in [6, 6.07) is 3.38. The van der Waals surface area contributed by atoms with Crippen LogP contribution in [-0.4, -0.2) is 90.6 Å². The molecule has 1 N–H and O–H groups in total. The number of H-pyrrole nitrogens is 1. The highest BCUT2D eigenvalue weighted by molar-refractivity contribution is 5.81. The predicted molar refractivity (Wildman–Crippen MR) is 113 cm³/mol. The Morgan fingerprint density at radius 1 is 1.00 bits per heavy atom. The Balaban J connectivity index is 1.39. The fourth-order valence-electron chi connectivity index (χ4n) is 4.16. The number of methoxy groups -OCH3 is 2. The smallest absolute Gasteiger partial charge is 0.258 e. The van der Waals surface area contributed by atoms with Crippen molar-refractivity contribution in [1.82, 2.24) is 24.7 Å². The Hall–Kier alpha value is -2.65. The van der Waals surface area contributed by atoms with Crippen LogP contribution in [0.3, 0.4) is 0 Å². The van der Waals surface area contributed by atoms with Crippen LogP contribution in [0.15, 0.2) is 16.9 Å². The van der Waals surface area contributed by atoms with Gasteiger partial charge in [0.2, 0.25) is 5.91 Å². The summed E-state index contributed by atoms with van der Waals surface area (Å²) in [6.45, 7) is 6.20. The maximum Gasteiger partial charge on any atom is 0.258 e. The van der Waals surface area contributed by atoms with Crippen LogP contribution in [0.2, 0.25) is 0 Å². The monoisotopic (exact) mass is 415 g/mol. The van der Waals surface area contributed by atoms with Gasteiger partial charge in [-0.05, 0) is 18.9 Å². The van der Waals surface area contributed by atoms with Crippen molar-refractivity contribution in [2.75, 3.05) is 60.0 Å². The number of fused-ring (bicyclic) bond motifs is 1. The topological polar surface area (TPSA) is 91.0 Å². The van der Waals surface area contributed by atoms with Gasteiger partial charge in [0, 0.05) is 45.3 Å². The number of rotatable bonds is 6. The number of aromatic nitrogens is 2. The molecule has 1 aromatic heterocycles. The highest BCUT2D eigenvalue weighted by Crippen LogP contribution is 2.30. The number of nitrogens with one attached hydrogen (secondary N) is 1. The molecule has 0 unspecified atom stereocenters. The Labute approximate surface area is 175 Å². The SMILES string of the molecule is COc1cc2nc(CN3CCN(CC(=O)N4CCCC4)CC3)[nH]c(=O)c2cc1OC. The molecule has 0 radical (unpaired) electrons. The van der Waals surface area contributed by atoms with Gasteiger partial charge in [-0.1, -0.05) is 0 Å². The lowest BCUT2D eigenvalue weighted by molar-refractivity contribution is -0.131. The molecule has 1 amide bonds. The van der Waals surface area contributed by atoms with Gasteiger partial charge in [-0.25, -0.2) is 4.98 Å². The van der Waals surface area contributed by atoms with E-state index in [1.165, 1.54) is 7.11 Å². The Morgan fingerprint density at radius 2 is 1.63 bits per heavy atom. The van der Waals surface area contributed by atoms with Crippen molar-refractivity contribution in [3.63, 3.8) is 0 Å². The molecule has 0 spiro atoms. The van der Waals surface area contributed by atoms with E-state index in [4.69, 9.17) is 9.47 Å². The number of likely N-dealkylation sites (tertiary alicyclic amines) is 1. The first-order chi connectivity index (χ1) is 14.6. The zero-order chi connectivity index (χ0) is 21.1. The van der Waals surface area contributed by atoms with E-state index in [1.807, 2.05) is 4.90 Å². The number of hydrogen-bond donors (Lipinski definition) is 1. The summed E-state index contributed by atoms with van der Waals surface area (Å²) in [5, 5.41) is 0.474. The molecule has 9 heteroatoms. The average molecular weight is 415 g/mol. The molecule has 2 aromatic rings. The highest BCUT2D eigenvalue weighted by Gasteiger charge is 2.24. The van der Waals surface area contributed by atoms with E-state index >= 15 is 0 Å². The van der Waals surface area contributed by atoms with Crippen molar-refractivity contribution < 1.29 is 14.3 Å². The van der Waals surface area contributed by atoms with Gasteiger partial charge < -0.3 is 19.4 Å². The first kappa shape index (κ1) is 20.6. The second-order valence-corrected chi connectivity index (χ2v) is 7.88. The van der Waals surface area contributed by atoms with Crippen molar-refractivity contribution in [2.24, 2.45) is 0 Å². The zero-order valence-corrected chi connectivity index (χ0v) is 17.6. The van der Waals surface area contributed by atoms with Gasteiger partial charge in [0.25, 0.3) is 5.56 Å². The van der Waals surface area contributed by atoms with E-state index in [0.717, 1.165) is 52.1 Å². The summed E-state index contributed by atoms with van der Waals surface area (Å²) in [4.78, 5) is 38.8. The van der Waals surface area contributed by atoms with E-state index in [0.29, 0.717) is 41.3 Å². The highest BCUT2D eigenvalue weighted by atomic mass is 16.5. The third-order valence-corrected chi connectivity index (χ3v) is 5.92. The number of carbonyl (C=O) groups is 1.